The Labute approximate surface area is 398 Å². The molecule has 0 amide bonds. The van der Waals surface area contributed by atoms with Crippen LogP contribution in [0.1, 0.15) is 62.4 Å². The van der Waals surface area contributed by atoms with E-state index in [2.05, 4.69) is 258 Å². The Morgan fingerprint density at radius 2 is 0.926 bits per heavy atom. The lowest BCUT2D eigenvalue weighted by atomic mass is 9.78. The number of rotatable bonds is 6. The molecule has 0 bridgehead atoms. The summed E-state index contributed by atoms with van der Waals surface area (Å²) >= 11 is 0. The summed E-state index contributed by atoms with van der Waals surface area (Å²) in [4.78, 5) is 2.53. The standard InChI is InChI=1S/C67H51N/c1-6-7-9-24-44(39-42-22-10-8-11-23-42)68(45-36-38-46-43(40-45)35-37-57-60-52-30-17-12-25-47(52)49-27-14-20-33-55(49)64(60)67(4,5)63(46)57)59-41-58-61(54-32-19-16-29-51(54)59)62-53-31-18-13-26-48(53)50-28-15-21-34-56(50)65(62)66(58,2)3/h6-41H,1-5H3/b7-6-,24-9-,44-39?. The molecule has 11 aromatic carbocycles. The first-order valence-electron chi connectivity index (χ1n) is 24.1. The summed E-state index contributed by atoms with van der Waals surface area (Å²) < 4.78 is 0. The predicted molar refractivity (Wildman–Crippen MR) is 294 cm³/mol. The highest BCUT2D eigenvalue weighted by atomic mass is 15.1. The monoisotopic (exact) mass is 869 g/mol. The Balaban J connectivity index is 1.09. The van der Waals surface area contributed by atoms with Crippen molar-refractivity contribution in [1.29, 1.82) is 0 Å². The molecule has 0 spiro atoms. The van der Waals surface area contributed by atoms with Gasteiger partial charge in [0.2, 0.25) is 0 Å². The second-order valence-electron chi connectivity index (χ2n) is 19.9. The van der Waals surface area contributed by atoms with Gasteiger partial charge in [-0.1, -0.05) is 216 Å². The zero-order valence-electron chi connectivity index (χ0n) is 39.2. The second kappa shape index (κ2) is 15.0. The van der Waals surface area contributed by atoms with Crippen LogP contribution in [0, 0.1) is 0 Å². The smallest absolute Gasteiger partial charge is 0.0543 e. The Hall–Kier alpha value is -8.00. The fourth-order valence-corrected chi connectivity index (χ4v) is 12.6. The fourth-order valence-electron chi connectivity index (χ4n) is 12.6. The van der Waals surface area contributed by atoms with E-state index in [4.69, 9.17) is 0 Å². The molecule has 0 aliphatic heterocycles. The van der Waals surface area contributed by atoms with Gasteiger partial charge in [0.15, 0.2) is 0 Å². The van der Waals surface area contributed by atoms with Crippen molar-refractivity contribution in [3.63, 3.8) is 0 Å². The Kier molecular flexibility index (Phi) is 8.89. The van der Waals surface area contributed by atoms with E-state index in [-0.39, 0.29) is 10.8 Å². The summed E-state index contributed by atoms with van der Waals surface area (Å²) in [5, 5.41) is 15.6. The molecule has 0 saturated heterocycles. The molecule has 68 heavy (non-hydrogen) atoms. The number of hydrogen-bond donors (Lipinski definition) is 0. The third-order valence-corrected chi connectivity index (χ3v) is 15.4. The van der Waals surface area contributed by atoms with Crippen molar-refractivity contribution in [2.45, 2.75) is 45.4 Å². The van der Waals surface area contributed by atoms with Crippen molar-refractivity contribution >= 4 is 82.1 Å². The van der Waals surface area contributed by atoms with E-state index in [1.54, 1.807) is 0 Å². The summed E-state index contributed by atoms with van der Waals surface area (Å²) in [6.07, 6.45) is 11.0. The third-order valence-electron chi connectivity index (χ3n) is 15.4. The molecule has 1 heteroatoms. The molecule has 11 aromatic rings. The van der Waals surface area contributed by atoms with Crippen LogP contribution in [-0.2, 0) is 10.8 Å². The van der Waals surface area contributed by atoms with E-state index >= 15 is 0 Å². The molecule has 0 radical (unpaired) electrons. The summed E-state index contributed by atoms with van der Waals surface area (Å²) in [7, 11) is 0. The maximum absolute atomic E-state index is 2.53. The minimum Gasteiger partial charge on any atom is -0.310 e. The minimum absolute atomic E-state index is 0.228. The average molecular weight is 870 g/mol. The highest BCUT2D eigenvalue weighted by Crippen LogP contribution is 2.60. The lowest BCUT2D eigenvalue weighted by molar-refractivity contribution is 0.667. The van der Waals surface area contributed by atoms with Crippen LogP contribution >= 0.6 is 0 Å². The molecule has 2 aliphatic rings. The van der Waals surface area contributed by atoms with Crippen LogP contribution in [0.15, 0.2) is 218 Å². The van der Waals surface area contributed by atoms with Gasteiger partial charge in [0.05, 0.1) is 5.69 Å². The summed E-state index contributed by atoms with van der Waals surface area (Å²) in [6.45, 7) is 11.8. The van der Waals surface area contributed by atoms with Gasteiger partial charge in [-0.2, -0.15) is 0 Å². The van der Waals surface area contributed by atoms with Gasteiger partial charge in [-0.05, 0) is 147 Å². The number of hydrogen-bond acceptors (Lipinski definition) is 1. The first-order valence-corrected chi connectivity index (χ1v) is 24.1. The van der Waals surface area contributed by atoms with Gasteiger partial charge in [-0.3, -0.25) is 0 Å². The van der Waals surface area contributed by atoms with Gasteiger partial charge in [0.25, 0.3) is 0 Å². The molecule has 0 fully saturated rings. The number of nitrogens with zero attached hydrogens (tertiary/aromatic N) is 1. The SMILES string of the molecule is C/C=C\C=C/C(=Cc1ccccc1)N(c1ccc2c3c(ccc2c1)-c1c(c2ccccc2c2ccccc12)C3(C)C)c1cc2c(c3ccccc13)-c1c(c3ccccc3c3ccccc13)C2(C)C. The topological polar surface area (TPSA) is 3.24 Å². The molecule has 0 heterocycles. The normalized spacial score (nSPS) is 14.8. The lowest BCUT2D eigenvalue weighted by Crippen LogP contribution is -2.19. The van der Waals surface area contributed by atoms with Crippen LogP contribution in [-0.4, -0.2) is 0 Å². The zero-order valence-corrected chi connectivity index (χ0v) is 39.2. The summed E-state index contributed by atoms with van der Waals surface area (Å²) in [5.41, 5.74) is 15.0. The van der Waals surface area contributed by atoms with Crippen molar-refractivity contribution in [3.05, 3.63) is 246 Å². The van der Waals surface area contributed by atoms with E-state index in [9.17, 15) is 0 Å². The molecular weight excluding hydrogens is 819 g/mol. The summed E-state index contributed by atoms with van der Waals surface area (Å²) in [5.74, 6) is 0. The zero-order chi connectivity index (χ0) is 45.9. The van der Waals surface area contributed by atoms with Gasteiger partial charge in [-0.25, -0.2) is 0 Å². The highest BCUT2D eigenvalue weighted by Gasteiger charge is 2.42. The number of benzene rings is 11. The van der Waals surface area contributed by atoms with Crippen LogP contribution in [0.3, 0.4) is 0 Å². The quantitative estimate of drug-likeness (QED) is 0.119. The van der Waals surface area contributed by atoms with Crippen molar-refractivity contribution in [2.75, 3.05) is 4.90 Å². The van der Waals surface area contributed by atoms with Crippen molar-refractivity contribution in [2.24, 2.45) is 0 Å². The van der Waals surface area contributed by atoms with Crippen LogP contribution in [0.2, 0.25) is 0 Å². The van der Waals surface area contributed by atoms with Crippen LogP contribution in [0.25, 0.3) is 93.0 Å². The van der Waals surface area contributed by atoms with Gasteiger partial charge in [-0.15, -0.1) is 0 Å². The van der Waals surface area contributed by atoms with Crippen molar-refractivity contribution in [1.82, 2.24) is 0 Å². The van der Waals surface area contributed by atoms with Crippen molar-refractivity contribution < 1.29 is 0 Å². The summed E-state index contributed by atoms with van der Waals surface area (Å²) in [6, 6.07) is 70.5. The lowest BCUT2D eigenvalue weighted by Gasteiger charge is -2.31. The van der Waals surface area contributed by atoms with Gasteiger partial charge >= 0.3 is 0 Å². The minimum atomic E-state index is -0.290. The van der Waals surface area contributed by atoms with Crippen molar-refractivity contribution in [3.8, 4) is 22.3 Å². The van der Waals surface area contributed by atoms with Gasteiger partial charge in [0.1, 0.15) is 0 Å². The molecular formula is C67H51N. The van der Waals surface area contributed by atoms with Crippen LogP contribution in [0.4, 0.5) is 11.4 Å². The molecule has 0 atom stereocenters. The Morgan fingerprint density at radius 1 is 0.412 bits per heavy atom. The molecule has 0 unspecified atom stereocenters. The van der Waals surface area contributed by atoms with Gasteiger partial charge < -0.3 is 4.90 Å². The molecule has 0 N–H and O–H groups in total. The van der Waals surface area contributed by atoms with Crippen LogP contribution in [0.5, 0.6) is 0 Å². The first-order chi connectivity index (χ1) is 33.3. The highest BCUT2D eigenvalue weighted by molar-refractivity contribution is 6.23. The number of allylic oxidation sites excluding steroid dienone is 4. The maximum atomic E-state index is 2.53. The molecule has 13 rings (SSSR count). The number of anilines is 2. The largest absolute Gasteiger partial charge is 0.310 e. The van der Waals surface area contributed by atoms with E-state index < -0.39 is 0 Å². The van der Waals surface area contributed by atoms with E-state index in [1.165, 1.54) is 109 Å². The van der Waals surface area contributed by atoms with E-state index in [0.29, 0.717) is 0 Å². The van der Waals surface area contributed by atoms with Gasteiger partial charge in [0, 0.05) is 27.6 Å². The molecule has 324 valence electrons. The molecule has 1 nitrogen and oxygen atoms in total. The Bertz CT molecular complexity index is 4030. The average Bonchev–Trinajstić information content (AvgIpc) is 3.77. The maximum Gasteiger partial charge on any atom is 0.0543 e. The Morgan fingerprint density at radius 3 is 1.54 bits per heavy atom. The first kappa shape index (κ1) is 40.3. The molecule has 0 aromatic heterocycles. The molecule has 0 saturated carbocycles. The van der Waals surface area contributed by atoms with E-state index in [0.717, 1.165) is 22.6 Å². The van der Waals surface area contributed by atoms with Crippen LogP contribution < -0.4 is 4.90 Å². The van der Waals surface area contributed by atoms with E-state index in [1.807, 2.05) is 0 Å². The number of fused-ring (bicyclic) bond motifs is 20. The second-order valence-corrected chi connectivity index (χ2v) is 19.9. The third kappa shape index (κ3) is 5.69. The predicted octanol–water partition coefficient (Wildman–Crippen LogP) is 18.5. The fraction of sp³-hybridized carbons (Fsp3) is 0.104. The molecule has 2 aliphatic carbocycles.